The fourth-order valence-electron chi connectivity index (χ4n) is 3.63. The van der Waals surface area contributed by atoms with Gasteiger partial charge in [-0.15, -0.1) is 0 Å². The van der Waals surface area contributed by atoms with Gasteiger partial charge in [0.25, 0.3) is 5.91 Å². The first kappa shape index (κ1) is 18.9. The second kappa shape index (κ2) is 7.31. The van der Waals surface area contributed by atoms with Crippen molar-refractivity contribution in [3.8, 4) is 11.4 Å². The quantitative estimate of drug-likeness (QED) is 0.456. The minimum Gasteiger partial charge on any atom is -0.348 e. The molecule has 4 heterocycles. The summed E-state index contributed by atoms with van der Waals surface area (Å²) < 4.78 is 17.0. The van der Waals surface area contributed by atoms with Crippen LogP contribution in [-0.4, -0.2) is 46.5 Å². The number of H-pyrrole nitrogens is 1. The van der Waals surface area contributed by atoms with Gasteiger partial charge in [-0.05, 0) is 31.2 Å². The molecule has 9 nitrogen and oxygen atoms in total. The van der Waals surface area contributed by atoms with Crippen LogP contribution in [0.3, 0.4) is 0 Å². The molecule has 1 amide bonds. The molecule has 156 valence electrons. The number of hydrogen-bond acceptors (Lipinski definition) is 5. The van der Waals surface area contributed by atoms with Gasteiger partial charge in [0, 0.05) is 37.1 Å². The van der Waals surface area contributed by atoms with Crippen LogP contribution < -0.4 is 5.32 Å². The number of hydrogen-bond donors (Lipinski definition) is 2. The Hall–Kier alpha value is -4.08. The highest BCUT2D eigenvalue weighted by Gasteiger charge is 2.19. The smallest absolute Gasteiger partial charge is 0.255 e. The highest BCUT2D eigenvalue weighted by atomic mass is 19.1. The third kappa shape index (κ3) is 3.41. The predicted molar refractivity (Wildman–Crippen MR) is 113 cm³/mol. The van der Waals surface area contributed by atoms with Crippen LogP contribution in [0, 0.1) is 5.82 Å². The Bertz CT molecular complexity index is 1400. The lowest BCUT2D eigenvalue weighted by atomic mass is 10.1. The number of rotatable bonds is 5. The van der Waals surface area contributed by atoms with Crippen molar-refractivity contribution in [1.29, 1.82) is 0 Å². The largest absolute Gasteiger partial charge is 0.348 e. The van der Waals surface area contributed by atoms with Gasteiger partial charge in [-0.3, -0.25) is 14.2 Å². The number of carbonyl (C=O) groups excluding carboxylic acids is 1. The maximum Gasteiger partial charge on any atom is 0.255 e. The molecular formula is C21H19FN8O. The molecule has 0 aliphatic heterocycles. The number of aromatic nitrogens is 7. The highest BCUT2D eigenvalue weighted by Crippen LogP contribution is 2.28. The van der Waals surface area contributed by atoms with Gasteiger partial charge in [-0.25, -0.2) is 14.4 Å². The molecule has 1 aromatic carbocycles. The van der Waals surface area contributed by atoms with E-state index in [0.29, 0.717) is 40.2 Å². The highest BCUT2D eigenvalue weighted by molar-refractivity contribution is 6.05. The number of carbonyl (C=O) groups is 1. The van der Waals surface area contributed by atoms with Crippen LogP contribution in [0.1, 0.15) is 17.3 Å². The summed E-state index contributed by atoms with van der Waals surface area (Å²) in [7, 11) is 1.74. The average Bonchev–Trinajstić information content (AvgIpc) is 3.47. The third-order valence-electron chi connectivity index (χ3n) is 5.08. The van der Waals surface area contributed by atoms with Gasteiger partial charge < -0.3 is 10.3 Å². The Balaban J connectivity index is 1.48. The predicted octanol–water partition coefficient (Wildman–Crippen LogP) is 2.67. The van der Waals surface area contributed by atoms with E-state index in [4.69, 9.17) is 0 Å². The number of fused-ring (bicyclic) bond motifs is 2. The van der Waals surface area contributed by atoms with Crippen LogP contribution in [0.4, 0.5) is 4.39 Å². The molecule has 4 aromatic heterocycles. The Morgan fingerprint density at radius 3 is 3.03 bits per heavy atom. The van der Waals surface area contributed by atoms with Gasteiger partial charge in [0.05, 0.1) is 23.8 Å². The average molecular weight is 418 g/mol. The molecule has 5 aromatic rings. The van der Waals surface area contributed by atoms with Crippen molar-refractivity contribution in [2.24, 2.45) is 7.05 Å². The summed E-state index contributed by atoms with van der Waals surface area (Å²) in [5.74, 6) is -0.595. The topological polar surface area (TPSA) is 106 Å². The number of halogens is 1. The zero-order chi connectivity index (χ0) is 21.5. The number of nitrogens with one attached hydrogen (secondary N) is 2. The summed E-state index contributed by atoms with van der Waals surface area (Å²) >= 11 is 0. The van der Waals surface area contributed by atoms with Crippen LogP contribution in [0.5, 0.6) is 0 Å². The molecule has 0 radical (unpaired) electrons. The molecule has 0 aliphatic rings. The monoisotopic (exact) mass is 418 g/mol. The van der Waals surface area contributed by atoms with Crippen molar-refractivity contribution in [2.45, 2.75) is 19.5 Å². The number of amides is 1. The molecule has 2 N–H and O–H groups in total. The first-order valence-electron chi connectivity index (χ1n) is 9.74. The van der Waals surface area contributed by atoms with Gasteiger partial charge in [-0.1, -0.05) is 0 Å². The fraction of sp³-hybridized carbons (Fsp3) is 0.190. The van der Waals surface area contributed by atoms with E-state index in [9.17, 15) is 9.18 Å². The molecule has 5 rings (SSSR count). The van der Waals surface area contributed by atoms with Crippen molar-refractivity contribution in [3.63, 3.8) is 0 Å². The van der Waals surface area contributed by atoms with Crippen LogP contribution in [0.25, 0.3) is 33.5 Å². The second-order valence-corrected chi connectivity index (χ2v) is 7.39. The maximum absolute atomic E-state index is 13.6. The molecule has 0 spiro atoms. The number of aromatic amines is 1. The van der Waals surface area contributed by atoms with Crippen molar-refractivity contribution in [2.75, 3.05) is 0 Å². The summed E-state index contributed by atoms with van der Waals surface area (Å²) in [6, 6.07) is 6.17. The standard InChI is InChI=1S/C21H19FN8O/c1-12(11-30-7-3-6-25-30)26-21(31)15-9-23-20-19(15)27-16(10-24-20)18-14-5-4-13(22)8-17(14)29(2)28-18/h3-10,12H,11H2,1-2H3,(H,23,24)(H,26,31). The molecule has 0 saturated heterocycles. The summed E-state index contributed by atoms with van der Waals surface area (Å²) in [4.78, 5) is 24.9. The van der Waals surface area contributed by atoms with Gasteiger partial charge in [0.2, 0.25) is 0 Å². The van der Waals surface area contributed by atoms with Crippen molar-refractivity contribution in [1.82, 2.24) is 39.8 Å². The lowest BCUT2D eigenvalue weighted by Crippen LogP contribution is -2.35. The fourth-order valence-corrected chi connectivity index (χ4v) is 3.63. The van der Waals surface area contributed by atoms with Crippen LogP contribution in [0.15, 0.2) is 49.1 Å². The van der Waals surface area contributed by atoms with E-state index < -0.39 is 0 Å². The molecular weight excluding hydrogens is 399 g/mol. The Morgan fingerprint density at radius 1 is 1.35 bits per heavy atom. The molecule has 1 unspecified atom stereocenters. The van der Waals surface area contributed by atoms with E-state index in [0.717, 1.165) is 5.39 Å². The molecule has 0 fully saturated rings. The zero-order valence-electron chi connectivity index (χ0n) is 16.9. The van der Waals surface area contributed by atoms with E-state index in [1.54, 1.807) is 41.1 Å². The van der Waals surface area contributed by atoms with Crippen molar-refractivity contribution < 1.29 is 9.18 Å². The third-order valence-corrected chi connectivity index (χ3v) is 5.08. The second-order valence-electron chi connectivity index (χ2n) is 7.39. The van der Waals surface area contributed by atoms with Crippen LogP contribution in [0.2, 0.25) is 0 Å². The van der Waals surface area contributed by atoms with Crippen LogP contribution >= 0.6 is 0 Å². The number of nitrogens with zero attached hydrogens (tertiary/aromatic N) is 6. The van der Waals surface area contributed by atoms with E-state index in [-0.39, 0.29) is 17.8 Å². The molecule has 0 aliphatic carbocycles. The first-order chi connectivity index (χ1) is 15.0. The normalized spacial score (nSPS) is 12.5. The lowest BCUT2D eigenvalue weighted by Gasteiger charge is -2.13. The van der Waals surface area contributed by atoms with E-state index in [2.05, 4.69) is 30.5 Å². The molecule has 31 heavy (non-hydrogen) atoms. The Morgan fingerprint density at radius 2 is 2.23 bits per heavy atom. The summed E-state index contributed by atoms with van der Waals surface area (Å²) in [5, 5.41) is 12.4. The molecule has 0 bridgehead atoms. The van der Waals surface area contributed by atoms with E-state index in [1.165, 1.54) is 12.1 Å². The Labute approximate surface area is 175 Å². The molecule has 10 heteroatoms. The van der Waals surface area contributed by atoms with Gasteiger partial charge in [0.1, 0.15) is 22.7 Å². The zero-order valence-corrected chi connectivity index (χ0v) is 16.9. The van der Waals surface area contributed by atoms with Gasteiger partial charge in [-0.2, -0.15) is 10.2 Å². The van der Waals surface area contributed by atoms with E-state index in [1.807, 2.05) is 19.2 Å². The summed E-state index contributed by atoms with van der Waals surface area (Å²) in [5.41, 5.74) is 3.07. The number of benzene rings is 1. The van der Waals surface area contributed by atoms with Crippen molar-refractivity contribution in [3.05, 3.63) is 60.4 Å². The van der Waals surface area contributed by atoms with Gasteiger partial charge in [0.15, 0.2) is 5.65 Å². The minimum atomic E-state index is -0.336. The first-order valence-corrected chi connectivity index (χ1v) is 9.74. The van der Waals surface area contributed by atoms with Gasteiger partial charge >= 0.3 is 0 Å². The van der Waals surface area contributed by atoms with Crippen molar-refractivity contribution >= 4 is 28.0 Å². The Kier molecular flexibility index (Phi) is 4.46. The summed E-state index contributed by atoms with van der Waals surface area (Å²) in [6.45, 7) is 2.46. The number of aryl methyl sites for hydroxylation is 1. The SMILES string of the molecule is CC(Cn1cccn1)NC(=O)c1c[nH]c2ncc(-c3nn(C)c4cc(F)ccc34)nc12. The lowest BCUT2D eigenvalue weighted by molar-refractivity contribution is 0.0937. The van der Waals surface area contributed by atoms with Crippen LogP contribution in [-0.2, 0) is 13.6 Å². The molecule has 1 atom stereocenters. The minimum absolute atomic E-state index is 0.136. The maximum atomic E-state index is 13.6. The molecule has 0 saturated carbocycles. The summed E-state index contributed by atoms with van der Waals surface area (Å²) in [6.07, 6.45) is 6.72. The van der Waals surface area contributed by atoms with E-state index >= 15 is 0 Å².